The molecule has 0 spiro atoms. The number of nitrogens with zero attached hydrogens (tertiary/aromatic N) is 3. The van der Waals surface area contributed by atoms with Crippen molar-refractivity contribution in [3.05, 3.63) is 48.7 Å². The third-order valence-electron chi connectivity index (χ3n) is 3.25. The van der Waals surface area contributed by atoms with Gasteiger partial charge in [0.15, 0.2) is 22.3 Å². The number of thioether (sulfide) groups is 1. The molecule has 0 N–H and O–H groups in total. The Morgan fingerprint density at radius 1 is 1.10 bits per heavy atom. The predicted molar refractivity (Wildman–Crippen MR) is 80.1 cm³/mol. The molecule has 0 unspecified atom stereocenters. The van der Waals surface area contributed by atoms with E-state index in [0.29, 0.717) is 6.61 Å². The number of rotatable bonds is 3. The largest absolute Gasteiger partial charge is 0.486 e. The minimum absolute atomic E-state index is 0.0148. The lowest BCUT2D eigenvalue weighted by Gasteiger charge is -2.25. The normalized spacial score (nSPS) is 17.0. The summed E-state index contributed by atoms with van der Waals surface area (Å²) in [5, 5.41) is 9.21. The molecule has 0 fully saturated rings. The molecule has 1 atom stereocenters. The maximum absolute atomic E-state index is 5.94. The highest BCUT2D eigenvalue weighted by atomic mass is 32.2. The number of pyridine rings is 1. The van der Waals surface area contributed by atoms with Crippen LogP contribution in [0.25, 0.3) is 5.65 Å². The quantitative estimate of drug-likeness (QED) is 0.696. The van der Waals surface area contributed by atoms with Gasteiger partial charge in [0.05, 0.1) is 0 Å². The van der Waals surface area contributed by atoms with Crippen LogP contribution in [0.5, 0.6) is 11.5 Å². The van der Waals surface area contributed by atoms with Crippen molar-refractivity contribution in [2.45, 2.75) is 11.3 Å². The highest BCUT2D eigenvalue weighted by Gasteiger charge is 2.21. The SMILES string of the molecule is c1ccc2c(c1)OC[C@@H](CSc1nnc3ccccn13)O2. The first-order valence-corrected chi connectivity index (χ1v) is 7.70. The fourth-order valence-corrected chi connectivity index (χ4v) is 3.12. The van der Waals surface area contributed by atoms with Crippen molar-refractivity contribution in [1.29, 1.82) is 0 Å². The fraction of sp³-hybridized carbons (Fsp3) is 0.200. The van der Waals surface area contributed by atoms with Crippen LogP contribution >= 0.6 is 11.8 Å². The number of para-hydroxylation sites is 2. The van der Waals surface area contributed by atoms with Crippen molar-refractivity contribution in [1.82, 2.24) is 14.6 Å². The van der Waals surface area contributed by atoms with Gasteiger partial charge in [-0.1, -0.05) is 30.0 Å². The summed E-state index contributed by atoms with van der Waals surface area (Å²) in [6.07, 6.45) is 1.98. The van der Waals surface area contributed by atoms with E-state index in [1.807, 2.05) is 53.1 Å². The number of fused-ring (bicyclic) bond motifs is 2. The molecule has 0 radical (unpaired) electrons. The van der Waals surface area contributed by atoms with Gasteiger partial charge >= 0.3 is 0 Å². The summed E-state index contributed by atoms with van der Waals surface area (Å²) in [5.41, 5.74) is 0.853. The second kappa shape index (κ2) is 5.29. The fourth-order valence-electron chi connectivity index (χ4n) is 2.23. The number of hydrogen-bond acceptors (Lipinski definition) is 5. The second-order valence-corrected chi connectivity index (χ2v) is 5.71. The van der Waals surface area contributed by atoms with Crippen LogP contribution in [0.3, 0.4) is 0 Å². The van der Waals surface area contributed by atoms with Gasteiger partial charge in [0, 0.05) is 11.9 Å². The van der Waals surface area contributed by atoms with E-state index in [4.69, 9.17) is 9.47 Å². The van der Waals surface area contributed by atoms with E-state index in [2.05, 4.69) is 10.2 Å². The molecule has 21 heavy (non-hydrogen) atoms. The molecule has 106 valence electrons. The summed E-state index contributed by atoms with van der Waals surface area (Å²) in [4.78, 5) is 0. The van der Waals surface area contributed by atoms with Crippen molar-refractivity contribution >= 4 is 17.4 Å². The van der Waals surface area contributed by atoms with Crippen molar-refractivity contribution in [3.63, 3.8) is 0 Å². The Balaban J connectivity index is 1.46. The minimum atomic E-state index is 0.0148. The average molecular weight is 299 g/mol. The monoisotopic (exact) mass is 299 g/mol. The molecule has 4 rings (SSSR count). The number of aromatic nitrogens is 3. The topological polar surface area (TPSA) is 48.7 Å². The van der Waals surface area contributed by atoms with Gasteiger partial charge in [0.2, 0.25) is 0 Å². The molecular formula is C15H13N3O2S. The van der Waals surface area contributed by atoms with Crippen LogP contribution in [0.2, 0.25) is 0 Å². The average Bonchev–Trinajstić information content (AvgIpc) is 2.96. The molecule has 1 aliphatic heterocycles. The molecule has 0 saturated carbocycles. The molecule has 1 aromatic carbocycles. The number of ether oxygens (including phenoxy) is 2. The van der Waals surface area contributed by atoms with Crippen LogP contribution in [0.4, 0.5) is 0 Å². The van der Waals surface area contributed by atoms with Gasteiger partial charge in [-0.05, 0) is 24.3 Å². The third-order valence-corrected chi connectivity index (χ3v) is 4.32. The van der Waals surface area contributed by atoms with E-state index in [1.54, 1.807) is 11.8 Å². The zero-order valence-electron chi connectivity index (χ0n) is 11.2. The zero-order valence-corrected chi connectivity index (χ0v) is 12.0. The van der Waals surface area contributed by atoms with Crippen LogP contribution in [0, 0.1) is 0 Å². The first kappa shape index (κ1) is 12.5. The lowest BCUT2D eigenvalue weighted by molar-refractivity contribution is 0.107. The molecule has 0 saturated heterocycles. The van der Waals surface area contributed by atoms with Crippen LogP contribution in [0.1, 0.15) is 0 Å². The van der Waals surface area contributed by atoms with Gasteiger partial charge in [-0.15, -0.1) is 10.2 Å². The highest BCUT2D eigenvalue weighted by molar-refractivity contribution is 7.99. The Kier molecular flexibility index (Phi) is 3.16. The van der Waals surface area contributed by atoms with E-state index in [0.717, 1.165) is 28.1 Å². The summed E-state index contributed by atoms with van der Waals surface area (Å²) in [7, 11) is 0. The molecule has 2 aromatic heterocycles. The van der Waals surface area contributed by atoms with E-state index in [-0.39, 0.29) is 6.10 Å². The second-order valence-electron chi connectivity index (χ2n) is 4.72. The van der Waals surface area contributed by atoms with Crippen molar-refractivity contribution < 1.29 is 9.47 Å². The standard InChI is InChI=1S/C15H13N3O2S/c1-2-6-13-12(5-1)19-9-11(20-13)10-21-15-17-16-14-7-3-4-8-18(14)15/h1-8,11H,9-10H2/t11-/m0/s1. The van der Waals surface area contributed by atoms with E-state index >= 15 is 0 Å². The molecule has 0 aliphatic carbocycles. The highest BCUT2D eigenvalue weighted by Crippen LogP contribution is 2.32. The maximum atomic E-state index is 5.94. The Morgan fingerprint density at radius 2 is 1.95 bits per heavy atom. The number of hydrogen-bond donors (Lipinski definition) is 0. The van der Waals surface area contributed by atoms with Crippen LogP contribution in [-0.4, -0.2) is 33.1 Å². The molecule has 1 aliphatic rings. The lowest BCUT2D eigenvalue weighted by atomic mass is 10.3. The molecule has 3 aromatic rings. The van der Waals surface area contributed by atoms with Gasteiger partial charge in [-0.3, -0.25) is 4.40 Å². The third kappa shape index (κ3) is 2.42. The molecule has 3 heterocycles. The lowest BCUT2D eigenvalue weighted by Crippen LogP contribution is -2.31. The predicted octanol–water partition coefficient (Wildman–Crippen LogP) is 2.66. The first-order chi connectivity index (χ1) is 10.4. The van der Waals surface area contributed by atoms with Gasteiger partial charge in [0.1, 0.15) is 12.7 Å². The van der Waals surface area contributed by atoms with Crippen LogP contribution in [0.15, 0.2) is 53.8 Å². The van der Waals surface area contributed by atoms with Gasteiger partial charge in [-0.25, -0.2) is 0 Å². The molecule has 6 heteroatoms. The Hall–Kier alpha value is -2.21. The molecule has 5 nitrogen and oxygen atoms in total. The van der Waals surface area contributed by atoms with Crippen molar-refractivity contribution in [2.75, 3.05) is 12.4 Å². The Bertz CT molecular complexity index is 774. The van der Waals surface area contributed by atoms with Crippen LogP contribution < -0.4 is 9.47 Å². The molecular weight excluding hydrogens is 286 g/mol. The van der Waals surface area contributed by atoms with E-state index in [9.17, 15) is 0 Å². The van der Waals surface area contributed by atoms with E-state index < -0.39 is 0 Å². The maximum Gasteiger partial charge on any atom is 0.195 e. The summed E-state index contributed by atoms with van der Waals surface area (Å²) < 4.78 is 13.6. The zero-order chi connectivity index (χ0) is 14.1. The summed E-state index contributed by atoms with van der Waals surface area (Å²) in [6, 6.07) is 13.6. The Morgan fingerprint density at radius 3 is 2.90 bits per heavy atom. The minimum Gasteiger partial charge on any atom is -0.486 e. The van der Waals surface area contributed by atoms with Gasteiger partial charge in [0.25, 0.3) is 0 Å². The summed E-state index contributed by atoms with van der Waals surface area (Å²) in [5.74, 6) is 2.39. The van der Waals surface area contributed by atoms with Crippen molar-refractivity contribution in [2.24, 2.45) is 0 Å². The van der Waals surface area contributed by atoms with Crippen LogP contribution in [-0.2, 0) is 0 Å². The smallest absolute Gasteiger partial charge is 0.195 e. The van der Waals surface area contributed by atoms with Crippen molar-refractivity contribution in [3.8, 4) is 11.5 Å². The number of benzene rings is 1. The van der Waals surface area contributed by atoms with Gasteiger partial charge in [-0.2, -0.15) is 0 Å². The summed E-state index contributed by atoms with van der Waals surface area (Å²) in [6.45, 7) is 0.556. The Labute approximate surface area is 125 Å². The van der Waals surface area contributed by atoms with E-state index in [1.165, 1.54) is 0 Å². The molecule has 0 amide bonds. The summed E-state index contributed by atoms with van der Waals surface area (Å²) >= 11 is 1.62. The first-order valence-electron chi connectivity index (χ1n) is 6.71. The molecule has 0 bridgehead atoms. The van der Waals surface area contributed by atoms with Gasteiger partial charge < -0.3 is 9.47 Å².